The van der Waals surface area contributed by atoms with Crippen LogP contribution in [0, 0.1) is 0 Å². The first-order valence-electron chi connectivity index (χ1n) is 3.05. The molecule has 0 radical (unpaired) electrons. The van der Waals surface area contributed by atoms with Crippen LogP contribution in [0.5, 0.6) is 5.75 Å². The maximum absolute atomic E-state index is 5.01. The molecule has 0 unspecified atom stereocenters. The third-order valence-electron chi connectivity index (χ3n) is 1.31. The summed E-state index contributed by atoms with van der Waals surface area (Å²) in [5.41, 5.74) is 1.33. The molecular weight excluding hydrogens is 238 g/mol. The molecule has 54 valence electrons. The summed E-state index contributed by atoms with van der Waals surface area (Å²) in [6, 6.07) is 8.11. The van der Waals surface area contributed by atoms with Crippen LogP contribution in [0.2, 0.25) is 0 Å². The predicted octanol–water partition coefficient (Wildman–Crippen LogP) is 2.63. The summed E-state index contributed by atoms with van der Waals surface area (Å²) in [6.07, 6.45) is 0. The van der Waals surface area contributed by atoms with Crippen molar-refractivity contribution in [3.63, 3.8) is 0 Å². The standard InChI is InChI=1S/C8H9IO/c1-10-8-4-2-7(6-9)3-5-8/h2-5H,6H2,1H3/i6-1. The zero-order valence-electron chi connectivity index (χ0n) is 5.80. The van der Waals surface area contributed by atoms with Crippen LogP contribution in [0.4, 0.5) is 0 Å². The second-order valence-electron chi connectivity index (χ2n) is 1.98. The molecule has 1 aromatic carbocycles. The summed E-state index contributed by atoms with van der Waals surface area (Å²) >= 11 is 2.34. The SMILES string of the molecule is COc1ccc([11CH2]I)cc1. The second-order valence-corrected chi connectivity index (χ2v) is 2.74. The van der Waals surface area contributed by atoms with Crippen molar-refractivity contribution in [3.05, 3.63) is 29.8 Å². The lowest BCUT2D eigenvalue weighted by Crippen LogP contribution is -1.82. The fourth-order valence-corrected chi connectivity index (χ4v) is 1.22. The molecule has 0 fully saturated rings. The Kier molecular flexibility index (Phi) is 2.99. The minimum absolute atomic E-state index is 0.925. The summed E-state index contributed by atoms with van der Waals surface area (Å²) in [5.74, 6) is 0.925. The quantitative estimate of drug-likeness (QED) is 0.576. The predicted molar refractivity (Wildman–Crippen MR) is 50.7 cm³/mol. The molecule has 0 amide bonds. The van der Waals surface area contributed by atoms with E-state index in [1.54, 1.807) is 7.11 Å². The van der Waals surface area contributed by atoms with E-state index in [4.69, 9.17) is 4.74 Å². The van der Waals surface area contributed by atoms with Crippen LogP contribution in [0.3, 0.4) is 0 Å². The van der Waals surface area contributed by atoms with Crippen LogP contribution in [0.25, 0.3) is 0 Å². The molecule has 0 spiro atoms. The molecule has 0 saturated carbocycles. The Morgan fingerprint density at radius 3 is 2.30 bits per heavy atom. The number of hydrogen-bond acceptors (Lipinski definition) is 1. The highest BCUT2D eigenvalue weighted by Crippen LogP contribution is 2.12. The summed E-state index contributed by atoms with van der Waals surface area (Å²) in [4.78, 5) is 0. The Labute approximate surface area is 74.5 Å². The van der Waals surface area contributed by atoms with Crippen molar-refractivity contribution in [1.29, 1.82) is 0 Å². The molecule has 10 heavy (non-hydrogen) atoms. The lowest BCUT2D eigenvalue weighted by Gasteiger charge is -1.98. The van der Waals surface area contributed by atoms with Gasteiger partial charge < -0.3 is 4.74 Å². The lowest BCUT2D eigenvalue weighted by molar-refractivity contribution is 0.414. The van der Waals surface area contributed by atoms with Gasteiger partial charge in [-0.3, -0.25) is 0 Å². The highest BCUT2D eigenvalue weighted by Gasteiger charge is 1.89. The van der Waals surface area contributed by atoms with E-state index in [0.717, 1.165) is 10.2 Å². The van der Waals surface area contributed by atoms with Crippen LogP contribution in [0.1, 0.15) is 5.56 Å². The smallest absolute Gasteiger partial charge is 0.118 e. The molecule has 1 aromatic rings. The average Bonchev–Trinajstić information content (AvgIpc) is 2.05. The van der Waals surface area contributed by atoms with E-state index in [-0.39, 0.29) is 0 Å². The van der Waals surface area contributed by atoms with Crippen LogP contribution in [0.15, 0.2) is 24.3 Å². The second kappa shape index (κ2) is 3.81. The lowest BCUT2D eigenvalue weighted by atomic mass is 10.0. The van der Waals surface area contributed by atoms with E-state index in [1.165, 1.54) is 5.56 Å². The Bertz CT molecular complexity index is 170. The van der Waals surface area contributed by atoms with Crippen molar-refractivity contribution in [2.45, 2.75) is 4.43 Å². The van der Waals surface area contributed by atoms with Crippen molar-refractivity contribution >= 4 is 22.6 Å². The van der Waals surface area contributed by atoms with Gasteiger partial charge in [-0.25, -0.2) is 0 Å². The number of halogens is 1. The molecule has 1 rings (SSSR count). The van der Waals surface area contributed by atoms with E-state index in [2.05, 4.69) is 34.7 Å². The zero-order chi connectivity index (χ0) is 7.40. The average molecular weight is 247 g/mol. The van der Waals surface area contributed by atoms with Gasteiger partial charge in [0, 0.05) is 4.43 Å². The minimum atomic E-state index is 0.925. The number of methoxy groups -OCH3 is 1. The first-order chi connectivity index (χ1) is 4.86. The third kappa shape index (κ3) is 1.87. The van der Waals surface area contributed by atoms with Crippen LogP contribution in [-0.4, -0.2) is 7.11 Å². The Balaban J connectivity index is 2.80. The third-order valence-corrected chi connectivity index (χ3v) is 2.19. The fraction of sp³-hybridized carbons (Fsp3) is 0.250. The van der Waals surface area contributed by atoms with Gasteiger partial charge in [0.2, 0.25) is 0 Å². The highest BCUT2D eigenvalue weighted by molar-refractivity contribution is 14.1. The zero-order valence-corrected chi connectivity index (χ0v) is 7.96. The number of alkyl halides is 1. The summed E-state index contributed by atoms with van der Waals surface area (Å²) < 4.78 is 6.07. The molecular formula is C8H9IO. The molecule has 2 heteroatoms. The number of rotatable bonds is 2. The van der Waals surface area contributed by atoms with Crippen LogP contribution < -0.4 is 4.74 Å². The molecule has 0 aromatic heterocycles. The van der Waals surface area contributed by atoms with E-state index in [1.807, 2.05) is 12.1 Å². The topological polar surface area (TPSA) is 9.23 Å². The van der Waals surface area contributed by atoms with Crippen molar-refractivity contribution < 1.29 is 4.74 Å². The van der Waals surface area contributed by atoms with Gasteiger partial charge in [0.25, 0.3) is 0 Å². The van der Waals surface area contributed by atoms with Gasteiger partial charge in [0.1, 0.15) is 5.75 Å². The number of benzene rings is 1. The highest BCUT2D eigenvalue weighted by atomic mass is 127. The molecule has 0 bridgehead atoms. The van der Waals surface area contributed by atoms with Gasteiger partial charge in [-0.05, 0) is 17.7 Å². The molecule has 0 heterocycles. The molecule has 1 nitrogen and oxygen atoms in total. The van der Waals surface area contributed by atoms with E-state index in [0.29, 0.717) is 0 Å². The molecule has 0 N–H and O–H groups in total. The van der Waals surface area contributed by atoms with Gasteiger partial charge in [0.15, 0.2) is 0 Å². The first-order valence-corrected chi connectivity index (χ1v) is 4.58. The Morgan fingerprint density at radius 1 is 1.30 bits per heavy atom. The van der Waals surface area contributed by atoms with Crippen molar-refractivity contribution in [2.24, 2.45) is 0 Å². The maximum Gasteiger partial charge on any atom is 0.118 e. The van der Waals surface area contributed by atoms with E-state index >= 15 is 0 Å². The molecule has 0 atom stereocenters. The van der Waals surface area contributed by atoms with Gasteiger partial charge in [-0.15, -0.1) is 0 Å². The molecule has 0 saturated heterocycles. The first kappa shape index (κ1) is 7.85. The Morgan fingerprint density at radius 2 is 1.90 bits per heavy atom. The molecule has 0 aliphatic rings. The number of ether oxygens (including phenoxy) is 1. The van der Waals surface area contributed by atoms with E-state index in [9.17, 15) is 0 Å². The maximum atomic E-state index is 5.01. The summed E-state index contributed by atoms with van der Waals surface area (Å²) in [7, 11) is 1.68. The van der Waals surface area contributed by atoms with Gasteiger partial charge in [0.05, 0.1) is 7.11 Å². The number of hydrogen-bond donors (Lipinski definition) is 0. The monoisotopic (exact) mass is 247 g/mol. The normalized spacial score (nSPS) is 9.40. The van der Waals surface area contributed by atoms with Crippen molar-refractivity contribution in [1.82, 2.24) is 0 Å². The van der Waals surface area contributed by atoms with Crippen molar-refractivity contribution in [2.75, 3.05) is 7.11 Å². The molecule has 0 aliphatic carbocycles. The van der Waals surface area contributed by atoms with Crippen LogP contribution in [-0.2, 0) is 4.43 Å². The summed E-state index contributed by atoms with van der Waals surface area (Å²) in [5, 5.41) is 0. The van der Waals surface area contributed by atoms with Gasteiger partial charge >= 0.3 is 0 Å². The Hall–Kier alpha value is -0.250. The molecule has 0 aliphatic heterocycles. The van der Waals surface area contributed by atoms with Crippen LogP contribution >= 0.6 is 22.6 Å². The van der Waals surface area contributed by atoms with E-state index < -0.39 is 0 Å². The minimum Gasteiger partial charge on any atom is -0.497 e. The van der Waals surface area contributed by atoms with Gasteiger partial charge in [-0.2, -0.15) is 0 Å². The van der Waals surface area contributed by atoms with Gasteiger partial charge in [-0.1, -0.05) is 34.7 Å². The van der Waals surface area contributed by atoms with Crippen molar-refractivity contribution in [3.8, 4) is 5.75 Å². The largest absolute Gasteiger partial charge is 0.497 e. The summed E-state index contributed by atoms with van der Waals surface area (Å²) in [6.45, 7) is 0. The fourth-order valence-electron chi connectivity index (χ4n) is 0.715.